The van der Waals surface area contributed by atoms with Crippen molar-refractivity contribution in [1.82, 2.24) is 15.0 Å². The Hall–Kier alpha value is -3.98. The van der Waals surface area contributed by atoms with Gasteiger partial charge in [0.15, 0.2) is 11.5 Å². The minimum Gasteiger partial charge on any atom is -0.493 e. The van der Waals surface area contributed by atoms with Crippen molar-refractivity contribution in [3.8, 4) is 11.5 Å². The van der Waals surface area contributed by atoms with Gasteiger partial charge in [0.2, 0.25) is 0 Å². The van der Waals surface area contributed by atoms with E-state index >= 15 is 0 Å². The highest BCUT2D eigenvalue weighted by atomic mass is 32.1. The number of fused-ring (bicyclic) bond motifs is 1. The van der Waals surface area contributed by atoms with Crippen molar-refractivity contribution in [1.29, 1.82) is 0 Å². The van der Waals surface area contributed by atoms with Gasteiger partial charge in [-0.2, -0.15) is 5.10 Å². The van der Waals surface area contributed by atoms with Crippen LogP contribution in [-0.2, 0) is 24.2 Å². The van der Waals surface area contributed by atoms with E-state index in [-0.39, 0.29) is 12.1 Å². The summed E-state index contributed by atoms with van der Waals surface area (Å²) in [5.74, 6) is 0.774. The van der Waals surface area contributed by atoms with Crippen LogP contribution >= 0.6 is 11.3 Å². The number of methoxy groups -OCH3 is 1. The minimum atomic E-state index is -0.428. The number of carbonyl (C=O) groups excluding carboxylic acids is 1. The lowest BCUT2D eigenvalue weighted by atomic mass is 10.2. The Balaban J connectivity index is 1.33. The lowest BCUT2D eigenvalue weighted by Gasteiger charge is -2.11. The van der Waals surface area contributed by atoms with Crippen LogP contribution in [0.2, 0.25) is 0 Å². The van der Waals surface area contributed by atoms with Gasteiger partial charge in [0.05, 0.1) is 31.6 Å². The van der Waals surface area contributed by atoms with Crippen LogP contribution in [0.5, 0.6) is 11.5 Å². The Morgan fingerprint density at radius 3 is 2.77 bits per heavy atom. The van der Waals surface area contributed by atoms with E-state index in [1.807, 2.05) is 37.3 Å². The van der Waals surface area contributed by atoms with Crippen LogP contribution < -0.4 is 20.5 Å². The predicted octanol–water partition coefficient (Wildman–Crippen LogP) is 3.80. The Kier molecular flexibility index (Phi) is 7.89. The second-order valence-corrected chi connectivity index (χ2v) is 8.87. The van der Waals surface area contributed by atoms with Gasteiger partial charge in [-0.05, 0) is 41.8 Å². The Labute approximate surface area is 206 Å². The number of aromatic nitrogens is 2. The maximum atomic E-state index is 12.6. The number of benzene rings is 2. The van der Waals surface area contributed by atoms with Crippen LogP contribution in [0.3, 0.4) is 0 Å². The minimum absolute atomic E-state index is 0.173. The zero-order valence-corrected chi connectivity index (χ0v) is 20.4. The molecule has 2 heterocycles. The number of thiophene rings is 1. The Bertz CT molecular complexity index is 1400. The number of amides is 1. The third-order valence-electron chi connectivity index (χ3n) is 5.31. The number of hydrogen-bond acceptors (Lipinski definition) is 7. The van der Waals surface area contributed by atoms with Gasteiger partial charge in [-0.15, -0.1) is 11.3 Å². The molecule has 0 saturated heterocycles. The normalized spacial score (nSPS) is 11.1. The SMILES string of the molecule is CCc1cc2c(=O)n(CC(=O)N/N=C/c3ccc(OCCc4ccccc4)c(OC)c3)cnc2s1. The molecule has 0 bridgehead atoms. The van der Waals surface area contributed by atoms with Crippen molar-refractivity contribution in [3.63, 3.8) is 0 Å². The molecule has 4 aromatic rings. The monoisotopic (exact) mass is 490 g/mol. The molecule has 4 rings (SSSR count). The van der Waals surface area contributed by atoms with Crippen LogP contribution in [-0.4, -0.2) is 35.4 Å². The summed E-state index contributed by atoms with van der Waals surface area (Å²) in [6.07, 6.45) is 4.52. The van der Waals surface area contributed by atoms with E-state index < -0.39 is 5.91 Å². The van der Waals surface area contributed by atoms with E-state index in [4.69, 9.17) is 9.47 Å². The second-order valence-electron chi connectivity index (χ2n) is 7.75. The first-order valence-electron chi connectivity index (χ1n) is 11.2. The summed E-state index contributed by atoms with van der Waals surface area (Å²) in [4.78, 5) is 31.0. The van der Waals surface area contributed by atoms with Gasteiger partial charge < -0.3 is 9.47 Å². The Morgan fingerprint density at radius 2 is 2.00 bits per heavy atom. The fourth-order valence-corrected chi connectivity index (χ4v) is 4.40. The summed E-state index contributed by atoms with van der Waals surface area (Å²) in [7, 11) is 1.57. The maximum Gasteiger partial charge on any atom is 0.262 e. The number of carbonyl (C=O) groups is 1. The molecule has 1 amide bonds. The first-order chi connectivity index (χ1) is 17.1. The summed E-state index contributed by atoms with van der Waals surface area (Å²) >= 11 is 1.49. The molecule has 180 valence electrons. The molecule has 1 N–H and O–H groups in total. The van der Waals surface area contributed by atoms with Crippen molar-refractivity contribution in [3.05, 3.63) is 87.3 Å². The summed E-state index contributed by atoms with van der Waals surface area (Å²) in [6, 6.07) is 17.3. The second kappa shape index (κ2) is 11.4. The van der Waals surface area contributed by atoms with E-state index in [1.165, 1.54) is 34.0 Å². The zero-order chi connectivity index (χ0) is 24.6. The quantitative estimate of drug-likeness (QED) is 0.270. The van der Waals surface area contributed by atoms with Gasteiger partial charge in [-0.1, -0.05) is 37.3 Å². The topological polar surface area (TPSA) is 94.8 Å². The molecule has 2 aromatic heterocycles. The number of ether oxygens (including phenoxy) is 2. The molecule has 9 heteroatoms. The third kappa shape index (κ3) is 6.13. The average molecular weight is 491 g/mol. The van der Waals surface area contributed by atoms with E-state index in [0.29, 0.717) is 28.3 Å². The van der Waals surface area contributed by atoms with Crippen LogP contribution in [0.25, 0.3) is 10.2 Å². The number of nitrogens with zero attached hydrogens (tertiary/aromatic N) is 3. The van der Waals surface area contributed by atoms with Crippen LogP contribution in [0, 0.1) is 0 Å². The molecule has 0 saturated carbocycles. The first-order valence-corrected chi connectivity index (χ1v) is 12.0. The molecular formula is C26H26N4O4S. The lowest BCUT2D eigenvalue weighted by molar-refractivity contribution is -0.121. The molecule has 0 atom stereocenters. The Morgan fingerprint density at radius 1 is 1.17 bits per heavy atom. The van der Waals surface area contributed by atoms with E-state index in [0.717, 1.165) is 23.3 Å². The van der Waals surface area contributed by atoms with E-state index in [2.05, 4.69) is 27.6 Å². The molecule has 2 aromatic carbocycles. The average Bonchev–Trinajstić information content (AvgIpc) is 3.31. The number of aryl methyl sites for hydroxylation is 1. The predicted molar refractivity (Wildman–Crippen MR) is 138 cm³/mol. The molecule has 0 unspecified atom stereocenters. The summed E-state index contributed by atoms with van der Waals surface area (Å²) in [6.45, 7) is 2.37. The van der Waals surface area contributed by atoms with Gasteiger partial charge in [0.1, 0.15) is 11.4 Å². The van der Waals surface area contributed by atoms with Crippen molar-refractivity contribution in [2.24, 2.45) is 5.10 Å². The highest BCUT2D eigenvalue weighted by molar-refractivity contribution is 7.18. The van der Waals surface area contributed by atoms with Crippen LogP contribution in [0.1, 0.15) is 22.9 Å². The van der Waals surface area contributed by atoms with Crippen LogP contribution in [0.15, 0.2) is 70.8 Å². The van der Waals surface area contributed by atoms with Crippen molar-refractivity contribution < 1.29 is 14.3 Å². The van der Waals surface area contributed by atoms with Gasteiger partial charge in [0, 0.05) is 11.3 Å². The first kappa shape index (κ1) is 24.2. The molecule has 35 heavy (non-hydrogen) atoms. The molecule has 0 aliphatic carbocycles. The molecular weight excluding hydrogens is 464 g/mol. The molecule has 8 nitrogen and oxygen atoms in total. The molecule has 0 radical (unpaired) electrons. The van der Waals surface area contributed by atoms with Crippen molar-refractivity contribution >= 4 is 33.7 Å². The largest absolute Gasteiger partial charge is 0.493 e. The van der Waals surface area contributed by atoms with Gasteiger partial charge >= 0.3 is 0 Å². The number of rotatable bonds is 10. The number of hydrogen-bond donors (Lipinski definition) is 1. The van der Waals surface area contributed by atoms with Gasteiger partial charge in [-0.25, -0.2) is 10.4 Å². The van der Waals surface area contributed by atoms with Gasteiger partial charge in [0.25, 0.3) is 11.5 Å². The highest BCUT2D eigenvalue weighted by Gasteiger charge is 2.11. The summed E-state index contributed by atoms with van der Waals surface area (Å²) in [5.41, 5.74) is 4.14. The molecule has 0 spiro atoms. The number of nitrogens with one attached hydrogen (secondary N) is 1. The lowest BCUT2D eigenvalue weighted by Crippen LogP contribution is -2.29. The van der Waals surface area contributed by atoms with Crippen molar-refractivity contribution in [2.75, 3.05) is 13.7 Å². The van der Waals surface area contributed by atoms with Gasteiger partial charge in [-0.3, -0.25) is 14.2 Å². The maximum absolute atomic E-state index is 12.6. The fourth-order valence-electron chi connectivity index (χ4n) is 3.47. The standard InChI is InChI=1S/C26H26N4O4S/c1-3-20-14-21-25(35-20)27-17-30(26(21)32)16-24(31)29-28-15-19-9-10-22(23(13-19)33-2)34-12-11-18-7-5-4-6-8-18/h4-10,13-15,17H,3,11-12,16H2,1-2H3,(H,29,31)/b28-15+. The van der Waals surface area contributed by atoms with E-state index in [1.54, 1.807) is 19.2 Å². The molecule has 0 fully saturated rings. The highest BCUT2D eigenvalue weighted by Crippen LogP contribution is 2.27. The number of hydrazone groups is 1. The summed E-state index contributed by atoms with van der Waals surface area (Å²) in [5, 5.41) is 4.53. The van der Waals surface area contributed by atoms with Crippen LogP contribution in [0.4, 0.5) is 0 Å². The zero-order valence-electron chi connectivity index (χ0n) is 19.6. The molecule has 0 aliphatic rings. The van der Waals surface area contributed by atoms with Crippen molar-refractivity contribution in [2.45, 2.75) is 26.3 Å². The fraction of sp³-hybridized carbons (Fsp3) is 0.231. The molecule has 0 aliphatic heterocycles. The third-order valence-corrected chi connectivity index (χ3v) is 6.50. The smallest absolute Gasteiger partial charge is 0.262 e. The summed E-state index contributed by atoms with van der Waals surface area (Å²) < 4.78 is 12.6. The van der Waals surface area contributed by atoms with E-state index in [9.17, 15) is 9.59 Å².